The predicted molar refractivity (Wildman–Crippen MR) is 97.6 cm³/mol. The number of carbonyl (C=O) groups excluding carboxylic acids is 1. The van der Waals surface area contributed by atoms with E-state index in [1.165, 1.54) is 6.08 Å². The van der Waals surface area contributed by atoms with Gasteiger partial charge in [0.2, 0.25) is 5.79 Å². The van der Waals surface area contributed by atoms with Gasteiger partial charge in [-0.2, -0.15) is 4.89 Å². The smallest absolute Gasteiger partial charge is 0.365 e. The van der Waals surface area contributed by atoms with Gasteiger partial charge >= 0.3 is 5.97 Å². The molecule has 2 aliphatic rings. The predicted octanol–water partition coefficient (Wildman–Crippen LogP) is -3.78. The van der Waals surface area contributed by atoms with Crippen molar-refractivity contribution in [1.29, 1.82) is 0 Å². The van der Waals surface area contributed by atoms with Crippen molar-refractivity contribution in [2.45, 2.75) is 61.7 Å². The quantitative estimate of drug-likeness (QED) is 0.0777. The van der Waals surface area contributed by atoms with E-state index in [0.29, 0.717) is 0 Å². The Kier molecular flexibility index (Phi) is 9.47. The van der Waals surface area contributed by atoms with Crippen molar-refractivity contribution < 1.29 is 64.5 Å². The summed E-state index contributed by atoms with van der Waals surface area (Å²) in [5, 5.41) is 69.3. The van der Waals surface area contributed by atoms with E-state index >= 15 is 0 Å². The zero-order valence-corrected chi connectivity index (χ0v) is 16.6. The van der Waals surface area contributed by atoms with Gasteiger partial charge in [-0.1, -0.05) is 18.2 Å². The molecule has 0 radical (unpaired) electrons. The Morgan fingerprint density at radius 1 is 1.00 bits per heavy atom. The molecule has 2 fully saturated rings. The van der Waals surface area contributed by atoms with Crippen LogP contribution in [0.4, 0.5) is 0 Å². The molecule has 2 saturated heterocycles. The van der Waals surface area contributed by atoms with Gasteiger partial charge in [0.1, 0.15) is 55.9 Å². The average Bonchev–Trinajstić information content (AvgIpc) is 3.00. The average molecular weight is 452 g/mol. The molecule has 7 N–H and O–H groups in total. The molecule has 178 valence electrons. The lowest BCUT2D eigenvalue weighted by molar-refractivity contribution is -0.391. The zero-order valence-electron chi connectivity index (χ0n) is 16.6. The van der Waals surface area contributed by atoms with Crippen LogP contribution < -0.4 is 0 Å². The molecule has 9 atom stereocenters. The molecule has 0 aromatic rings. The van der Waals surface area contributed by atoms with Crippen LogP contribution >= 0.6 is 0 Å². The molecule has 0 aromatic heterocycles. The van der Waals surface area contributed by atoms with Gasteiger partial charge < -0.3 is 50.0 Å². The summed E-state index contributed by atoms with van der Waals surface area (Å²) in [6.07, 6.45) is -7.54. The second-order valence-electron chi connectivity index (χ2n) is 6.95. The minimum Gasteiger partial charge on any atom is -0.394 e. The minimum absolute atomic E-state index is 0.578. The maximum absolute atomic E-state index is 11.5. The van der Waals surface area contributed by atoms with Gasteiger partial charge in [0.05, 0.1) is 6.61 Å². The summed E-state index contributed by atoms with van der Waals surface area (Å²) in [5.74, 6) is -3.15. The summed E-state index contributed by atoms with van der Waals surface area (Å²) in [6, 6.07) is 0. The summed E-state index contributed by atoms with van der Waals surface area (Å²) in [7, 11) is 0. The number of aliphatic hydroxyl groups is 7. The van der Waals surface area contributed by atoms with Gasteiger partial charge in [0.15, 0.2) is 6.29 Å². The first kappa shape index (κ1) is 25.8. The molecule has 2 rings (SSSR count). The second kappa shape index (κ2) is 11.4. The third-order valence-corrected chi connectivity index (χ3v) is 4.80. The third-order valence-electron chi connectivity index (χ3n) is 4.80. The molecular weight excluding hydrogens is 424 g/mol. The van der Waals surface area contributed by atoms with Crippen LogP contribution in [0.1, 0.15) is 6.92 Å². The Bertz CT molecular complexity index is 640. The largest absolute Gasteiger partial charge is 0.394 e. The number of aliphatic hydroxyl groups excluding tert-OH is 7. The Balaban J connectivity index is 2.03. The van der Waals surface area contributed by atoms with Crippen LogP contribution in [0.3, 0.4) is 0 Å². The topological polar surface area (TPSA) is 205 Å². The molecule has 13 heteroatoms. The molecule has 0 bridgehead atoms. The van der Waals surface area contributed by atoms with Crippen LogP contribution in [0.5, 0.6) is 0 Å². The van der Waals surface area contributed by atoms with Crippen LogP contribution in [0.15, 0.2) is 24.3 Å². The van der Waals surface area contributed by atoms with Crippen LogP contribution in [-0.2, 0) is 28.8 Å². The number of allylic oxidation sites excluding steroid dienone is 3. The van der Waals surface area contributed by atoms with E-state index in [2.05, 4.69) is 4.89 Å². The Labute approximate surface area is 177 Å². The molecule has 0 aromatic carbocycles. The standard InChI is InChI=1S/C18H28O13/c1-2-3-4-5-11(21)31-27-7-10-12(22)14(24)15(25)17(28-10)30-18(8-20)16(26)13(23)9(6-19)29-18/h2-5,9-10,12-17,19-20,22-26H,6-8H2,1H3/b3-2+,5-4+/t9-,10-,12-,13-,14+,15-,16+,17-,18+/m1/s1. The van der Waals surface area contributed by atoms with Crippen molar-refractivity contribution in [3.05, 3.63) is 24.3 Å². The molecule has 0 saturated carbocycles. The first-order valence-corrected chi connectivity index (χ1v) is 9.46. The lowest BCUT2D eigenvalue weighted by Gasteiger charge is -2.43. The number of rotatable bonds is 9. The second-order valence-corrected chi connectivity index (χ2v) is 6.95. The van der Waals surface area contributed by atoms with Crippen LogP contribution in [0.25, 0.3) is 0 Å². The van der Waals surface area contributed by atoms with Crippen molar-refractivity contribution in [3.63, 3.8) is 0 Å². The third kappa shape index (κ3) is 5.85. The highest BCUT2D eigenvalue weighted by Gasteiger charge is 2.58. The van der Waals surface area contributed by atoms with Crippen LogP contribution in [-0.4, -0.2) is 116 Å². The first-order valence-electron chi connectivity index (χ1n) is 9.46. The number of hydrogen-bond acceptors (Lipinski definition) is 13. The van der Waals surface area contributed by atoms with Crippen molar-refractivity contribution in [2.24, 2.45) is 0 Å². The fourth-order valence-corrected chi connectivity index (χ4v) is 3.05. The molecule has 0 amide bonds. The molecule has 13 nitrogen and oxygen atoms in total. The molecule has 0 aliphatic carbocycles. The van der Waals surface area contributed by atoms with E-state index < -0.39 is 80.6 Å². The molecule has 0 unspecified atom stereocenters. The summed E-state index contributed by atoms with van der Waals surface area (Å²) >= 11 is 0. The van der Waals surface area contributed by atoms with E-state index in [4.69, 9.17) is 19.1 Å². The highest BCUT2D eigenvalue weighted by molar-refractivity contribution is 5.81. The van der Waals surface area contributed by atoms with Gasteiger partial charge in [0.25, 0.3) is 0 Å². The highest BCUT2D eigenvalue weighted by atomic mass is 17.2. The van der Waals surface area contributed by atoms with Crippen LogP contribution in [0.2, 0.25) is 0 Å². The fraction of sp³-hybridized carbons (Fsp3) is 0.722. The lowest BCUT2D eigenvalue weighted by atomic mass is 9.99. The summed E-state index contributed by atoms with van der Waals surface area (Å²) in [6.45, 7) is -0.549. The van der Waals surface area contributed by atoms with Gasteiger partial charge in [-0.3, -0.25) is 4.89 Å². The number of carbonyl (C=O) groups is 1. The first-order chi connectivity index (χ1) is 14.7. The maximum Gasteiger partial charge on any atom is 0.365 e. The normalized spacial score (nSPS) is 41.3. The highest BCUT2D eigenvalue weighted by Crippen LogP contribution is 2.36. The SMILES string of the molecule is C/C=C/C=C/C(=O)OOC[C@H]1O[C@H](O[C@]2(CO)O[C@H](CO)[C@@H](O)[C@@H]2O)[C@H](O)[C@@H](O)[C@@H]1O. The summed E-state index contributed by atoms with van der Waals surface area (Å²) in [5.41, 5.74) is 0. The molecular formula is C18H28O13. The Hall–Kier alpha value is -1.49. The molecule has 2 aliphatic heterocycles. The van der Waals surface area contributed by atoms with Crippen LogP contribution in [0, 0.1) is 0 Å². The molecule has 31 heavy (non-hydrogen) atoms. The number of hydrogen-bond donors (Lipinski definition) is 7. The molecule has 2 heterocycles. The van der Waals surface area contributed by atoms with Crippen molar-refractivity contribution >= 4 is 5.97 Å². The number of ether oxygens (including phenoxy) is 3. The van der Waals surface area contributed by atoms with E-state index in [9.17, 15) is 40.5 Å². The zero-order chi connectivity index (χ0) is 23.2. The van der Waals surface area contributed by atoms with E-state index in [-0.39, 0.29) is 0 Å². The fourth-order valence-electron chi connectivity index (χ4n) is 3.05. The van der Waals surface area contributed by atoms with Crippen molar-refractivity contribution in [3.8, 4) is 0 Å². The van der Waals surface area contributed by atoms with Gasteiger partial charge in [0, 0.05) is 6.08 Å². The van der Waals surface area contributed by atoms with Crippen molar-refractivity contribution in [1.82, 2.24) is 0 Å². The summed E-state index contributed by atoms with van der Waals surface area (Å²) < 4.78 is 15.9. The maximum atomic E-state index is 11.5. The van der Waals surface area contributed by atoms with E-state index in [1.54, 1.807) is 19.1 Å². The van der Waals surface area contributed by atoms with E-state index in [0.717, 1.165) is 6.08 Å². The molecule has 0 spiro atoms. The monoisotopic (exact) mass is 452 g/mol. The Morgan fingerprint density at radius 3 is 2.29 bits per heavy atom. The van der Waals surface area contributed by atoms with Gasteiger partial charge in [-0.05, 0) is 6.92 Å². The lowest BCUT2D eigenvalue weighted by Crippen LogP contribution is -2.62. The summed E-state index contributed by atoms with van der Waals surface area (Å²) in [4.78, 5) is 20.6. The van der Waals surface area contributed by atoms with Gasteiger partial charge in [-0.25, -0.2) is 4.79 Å². The van der Waals surface area contributed by atoms with E-state index in [1.807, 2.05) is 0 Å². The van der Waals surface area contributed by atoms with Gasteiger partial charge in [-0.15, -0.1) is 0 Å². The van der Waals surface area contributed by atoms with Crippen molar-refractivity contribution in [2.75, 3.05) is 19.8 Å². The minimum atomic E-state index is -2.30. The Morgan fingerprint density at radius 2 is 1.71 bits per heavy atom.